The highest BCUT2D eigenvalue weighted by atomic mass is 16.6. The zero-order valence-electron chi connectivity index (χ0n) is 13.2. The Morgan fingerprint density at radius 3 is 2.48 bits per heavy atom. The molecule has 4 heteroatoms. The zero-order chi connectivity index (χ0) is 15.7. The Balaban J connectivity index is 2.21. The van der Waals surface area contributed by atoms with Crippen LogP contribution >= 0.6 is 0 Å². The van der Waals surface area contributed by atoms with Crippen molar-refractivity contribution in [3.05, 3.63) is 29.8 Å². The lowest BCUT2D eigenvalue weighted by atomic mass is 10.2. The molecule has 0 aliphatic heterocycles. The Hall–Kier alpha value is -1.99. The standard InChI is InChI=1S/C17H23NO3/c1-17(2,3)21-16(19)7-5-6-12-18-13-14-8-10-15(20-4)11-9-14/h8-11,18H,6,12-13H2,1-4H3. The summed E-state index contributed by atoms with van der Waals surface area (Å²) in [5.41, 5.74) is 0.689. The number of hydrogen-bond donors (Lipinski definition) is 1. The van der Waals surface area contributed by atoms with Gasteiger partial charge in [0.1, 0.15) is 11.4 Å². The van der Waals surface area contributed by atoms with Crippen LogP contribution in [-0.4, -0.2) is 25.2 Å². The fraction of sp³-hybridized carbons (Fsp3) is 0.471. The van der Waals surface area contributed by atoms with E-state index in [4.69, 9.17) is 9.47 Å². The summed E-state index contributed by atoms with van der Waals surface area (Å²) >= 11 is 0. The summed E-state index contributed by atoms with van der Waals surface area (Å²) in [5, 5.41) is 3.27. The number of carbonyl (C=O) groups is 1. The third-order valence-electron chi connectivity index (χ3n) is 2.50. The molecule has 0 unspecified atom stereocenters. The van der Waals surface area contributed by atoms with E-state index >= 15 is 0 Å². The van der Waals surface area contributed by atoms with Crippen LogP contribution in [0.25, 0.3) is 0 Å². The second kappa shape index (κ2) is 8.33. The van der Waals surface area contributed by atoms with E-state index in [1.165, 1.54) is 5.56 Å². The van der Waals surface area contributed by atoms with Gasteiger partial charge < -0.3 is 14.8 Å². The Morgan fingerprint density at radius 2 is 1.90 bits per heavy atom. The molecule has 0 aliphatic carbocycles. The molecule has 0 radical (unpaired) electrons. The molecule has 0 aliphatic rings. The number of esters is 1. The molecule has 0 atom stereocenters. The molecule has 0 fully saturated rings. The average molecular weight is 289 g/mol. The van der Waals surface area contributed by atoms with Crippen LogP contribution in [-0.2, 0) is 16.1 Å². The van der Waals surface area contributed by atoms with Gasteiger partial charge in [-0.3, -0.25) is 0 Å². The lowest BCUT2D eigenvalue weighted by molar-refractivity contribution is -0.147. The minimum absolute atomic E-state index is 0.474. The van der Waals surface area contributed by atoms with Gasteiger partial charge in [0.15, 0.2) is 0 Å². The lowest BCUT2D eigenvalue weighted by Crippen LogP contribution is -2.22. The minimum atomic E-state index is -0.488. The second-order valence-corrected chi connectivity index (χ2v) is 5.58. The van der Waals surface area contributed by atoms with Crippen LogP contribution in [0.3, 0.4) is 0 Å². The lowest BCUT2D eigenvalue weighted by Gasteiger charge is -2.16. The third kappa shape index (κ3) is 8.01. The quantitative estimate of drug-likeness (QED) is 0.392. The average Bonchev–Trinajstić information content (AvgIpc) is 2.41. The van der Waals surface area contributed by atoms with Gasteiger partial charge in [-0.2, -0.15) is 0 Å². The van der Waals surface area contributed by atoms with Crippen LogP contribution < -0.4 is 10.1 Å². The smallest absolute Gasteiger partial charge is 0.384 e. The highest BCUT2D eigenvalue weighted by Crippen LogP contribution is 2.10. The molecule has 1 rings (SSSR count). The van der Waals surface area contributed by atoms with Gasteiger partial charge in [-0.25, -0.2) is 4.79 Å². The fourth-order valence-corrected chi connectivity index (χ4v) is 1.57. The fourth-order valence-electron chi connectivity index (χ4n) is 1.57. The number of carbonyl (C=O) groups excluding carboxylic acids is 1. The summed E-state index contributed by atoms with van der Waals surface area (Å²) in [6.45, 7) is 6.95. The monoisotopic (exact) mass is 289 g/mol. The number of benzene rings is 1. The maximum Gasteiger partial charge on any atom is 0.384 e. The molecule has 0 aromatic heterocycles. The van der Waals surface area contributed by atoms with E-state index < -0.39 is 11.6 Å². The minimum Gasteiger partial charge on any atom is -0.497 e. The van der Waals surface area contributed by atoms with Crippen molar-refractivity contribution >= 4 is 5.97 Å². The van der Waals surface area contributed by atoms with Crippen LogP contribution in [0.1, 0.15) is 32.8 Å². The predicted molar refractivity (Wildman–Crippen MR) is 82.9 cm³/mol. The normalized spacial score (nSPS) is 10.5. The van der Waals surface area contributed by atoms with Gasteiger partial charge in [-0.1, -0.05) is 18.1 Å². The van der Waals surface area contributed by atoms with Gasteiger partial charge in [0, 0.05) is 25.4 Å². The highest BCUT2D eigenvalue weighted by Gasteiger charge is 2.13. The van der Waals surface area contributed by atoms with E-state index in [2.05, 4.69) is 17.2 Å². The van der Waals surface area contributed by atoms with Gasteiger partial charge in [-0.05, 0) is 38.5 Å². The number of ether oxygens (including phenoxy) is 2. The third-order valence-corrected chi connectivity index (χ3v) is 2.50. The number of nitrogens with one attached hydrogen (secondary N) is 1. The van der Waals surface area contributed by atoms with Crippen molar-refractivity contribution in [1.29, 1.82) is 0 Å². The first-order valence-corrected chi connectivity index (χ1v) is 6.96. The van der Waals surface area contributed by atoms with E-state index in [1.807, 2.05) is 45.0 Å². The largest absolute Gasteiger partial charge is 0.497 e. The van der Waals surface area contributed by atoms with Crippen LogP contribution in [0.5, 0.6) is 5.75 Å². The number of rotatable bonds is 5. The van der Waals surface area contributed by atoms with Gasteiger partial charge in [-0.15, -0.1) is 0 Å². The molecule has 0 bridgehead atoms. The summed E-state index contributed by atoms with van der Waals surface area (Å²) in [6, 6.07) is 7.88. The van der Waals surface area contributed by atoms with E-state index in [9.17, 15) is 4.79 Å². The van der Waals surface area contributed by atoms with Crippen molar-refractivity contribution in [3.63, 3.8) is 0 Å². The molecule has 114 valence electrons. The maximum absolute atomic E-state index is 11.3. The molecule has 0 saturated heterocycles. The van der Waals surface area contributed by atoms with E-state index in [-0.39, 0.29) is 0 Å². The van der Waals surface area contributed by atoms with Crippen molar-refractivity contribution in [3.8, 4) is 17.6 Å². The van der Waals surface area contributed by atoms with Crippen molar-refractivity contribution in [2.45, 2.75) is 39.3 Å². The summed E-state index contributed by atoms with van der Waals surface area (Å²) in [5.74, 6) is 5.67. The van der Waals surface area contributed by atoms with Crippen LogP contribution in [0.4, 0.5) is 0 Å². The first-order valence-electron chi connectivity index (χ1n) is 6.96. The molecular formula is C17H23NO3. The van der Waals surface area contributed by atoms with Crippen molar-refractivity contribution in [2.75, 3.05) is 13.7 Å². The summed E-state index contributed by atoms with van der Waals surface area (Å²) in [4.78, 5) is 11.3. The molecule has 1 aromatic carbocycles. The predicted octanol–water partition coefficient (Wildman–Crippen LogP) is 2.52. The Morgan fingerprint density at radius 1 is 1.24 bits per heavy atom. The van der Waals surface area contributed by atoms with Gasteiger partial charge in [0.2, 0.25) is 0 Å². The Bertz CT molecular complexity index is 504. The molecule has 1 aromatic rings. The number of methoxy groups -OCH3 is 1. The molecule has 0 amide bonds. The van der Waals surface area contributed by atoms with Crippen molar-refractivity contribution in [2.24, 2.45) is 0 Å². The molecule has 0 spiro atoms. The van der Waals surface area contributed by atoms with Gasteiger partial charge in [0.25, 0.3) is 0 Å². The molecule has 0 heterocycles. The molecule has 21 heavy (non-hydrogen) atoms. The topological polar surface area (TPSA) is 47.6 Å². The second-order valence-electron chi connectivity index (χ2n) is 5.58. The summed E-state index contributed by atoms with van der Waals surface area (Å²) in [7, 11) is 1.65. The molecular weight excluding hydrogens is 266 g/mol. The van der Waals surface area contributed by atoms with Crippen LogP contribution in [0.15, 0.2) is 24.3 Å². The summed E-state index contributed by atoms with van der Waals surface area (Å²) in [6.07, 6.45) is 0.607. The highest BCUT2D eigenvalue weighted by molar-refractivity contribution is 5.88. The van der Waals surface area contributed by atoms with Crippen molar-refractivity contribution < 1.29 is 14.3 Å². The number of hydrogen-bond acceptors (Lipinski definition) is 4. The maximum atomic E-state index is 11.3. The zero-order valence-corrected chi connectivity index (χ0v) is 13.2. The molecule has 0 saturated carbocycles. The first kappa shape index (κ1) is 17.1. The first-order chi connectivity index (χ1) is 9.90. The SMILES string of the molecule is COc1ccc(CNCCC#CC(=O)OC(C)(C)C)cc1. The van der Waals surface area contributed by atoms with Crippen LogP contribution in [0, 0.1) is 11.8 Å². The van der Waals surface area contributed by atoms with Gasteiger partial charge >= 0.3 is 5.97 Å². The Kier molecular flexibility index (Phi) is 6.77. The van der Waals surface area contributed by atoms with E-state index in [1.54, 1.807) is 7.11 Å². The Labute approximate surface area is 126 Å². The summed E-state index contributed by atoms with van der Waals surface area (Å²) < 4.78 is 10.2. The molecule has 4 nitrogen and oxygen atoms in total. The van der Waals surface area contributed by atoms with E-state index in [0.29, 0.717) is 6.42 Å². The van der Waals surface area contributed by atoms with Crippen LogP contribution in [0.2, 0.25) is 0 Å². The van der Waals surface area contributed by atoms with Crippen molar-refractivity contribution in [1.82, 2.24) is 5.32 Å². The van der Waals surface area contributed by atoms with Gasteiger partial charge in [0.05, 0.1) is 7.11 Å². The van der Waals surface area contributed by atoms with E-state index in [0.717, 1.165) is 18.8 Å². The molecule has 1 N–H and O–H groups in total.